The number of rotatable bonds is 7. The Labute approximate surface area is 103 Å². The number of hydrogen-bond donors (Lipinski definition) is 1. The van der Waals surface area contributed by atoms with E-state index in [9.17, 15) is 0 Å². The van der Waals surface area contributed by atoms with Crippen LogP contribution in [0.3, 0.4) is 0 Å². The highest BCUT2D eigenvalue weighted by molar-refractivity contribution is 5.03. The zero-order valence-corrected chi connectivity index (χ0v) is 11.2. The maximum atomic E-state index is 6.21. The molecule has 1 atom stereocenters. The van der Waals surface area contributed by atoms with E-state index in [-0.39, 0.29) is 0 Å². The summed E-state index contributed by atoms with van der Waals surface area (Å²) in [6, 6.07) is 0. The van der Waals surface area contributed by atoms with Gasteiger partial charge in [0.1, 0.15) is 0 Å². The SMILES string of the molecule is CCC(N)(CC)c1noc(CC(C)COC)n1. The number of nitrogens with two attached hydrogens (primary N) is 1. The molecule has 5 heteroatoms. The maximum Gasteiger partial charge on any atom is 0.227 e. The first kappa shape index (κ1) is 14.1. The second-order valence-corrected chi connectivity index (χ2v) is 4.64. The number of hydrogen-bond acceptors (Lipinski definition) is 5. The molecule has 0 spiro atoms. The molecule has 2 N–H and O–H groups in total. The highest BCUT2D eigenvalue weighted by Gasteiger charge is 2.29. The molecule has 1 rings (SSSR count). The third-order valence-corrected chi connectivity index (χ3v) is 3.15. The molecule has 0 bridgehead atoms. The van der Waals surface area contributed by atoms with Crippen molar-refractivity contribution in [2.75, 3.05) is 13.7 Å². The van der Waals surface area contributed by atoms with E-state index in [4.69, 9.17) is 15.0 Å². The van der Waals surface area contributed by atoms with Gasteiger partial charge in [0.2, 0.25) is 5.89 Å². The fourth-order valence-electron chi connectivity index (χ4n) is 1.75. The molecule has 98 valence electrons. The fourth-order valence-corrected chi connectivity index (χ4v) is 1.75. The Hall–Kier alpha value is -0.940. The highest BCUT2D eigenvalue weighted by atomic mass is 16.5. The van der Waals surface area contributed by atoms with E-state index in [0.717, 1.165) is 19.3 Å². The van der Waals surface area contributed by atoms with E-state index in [1.807, 2.05) is 13.8 Å². The van der Waals surface area contributed by atoms with Gasteiger partial charge in [0.05, 0.1) is 5.54 Å². The van der Waals surface area contributed by atoms with Gasteiger partial charge < -0.3 is 15.0 Å². The van der Waals surface area contributed by atoms with Crippen molar-refractivity contribution in [1.82, 2.24) is 10.1 Å². The molecule has 1 unspecified atom stereocenters. The lowest BCUT2D eigenvalue weighted by Gasteiger charge is -2.21. The Morgan fingerprint density at radius 3 is 2.59 bits per heavy atom. The summed E-state index contributed by atoms with van der Waals surface area (Å²) in [6.07, 6.45) is 2.33. The van der Waals surface area contributed by atoms with Crippen LogP contribution in [0.2, 0.25) is 0 Å². The molecule has 17 heavy (non-hydrogen) atoms. The molecule has 0 saturated carbocycles. The lowest BCUT2D eigenvalue weighted by atomic mass is 9.93. The molecular formula is C12H23N3O2. The molecule has 0 amide bonds. The van der Waals surface area contributed by atoms with E-state index in [1.54, 1.807) is 7.11 Å². The molecule has 0 aliphatic carbocycles. The van der Waals surface area contributed by atoms with Gasteiger partial charge >= 0.3 is 0 Å². The molecule has 0 fully saturated rings. The van der Waals surface area contributed by atoms with Crippen LogP contribution in [0.25, 0.3) is 0 Å². The summed E-state index contributed by atoms with van der Waals surface area (Å²) in [7, 11) is 1.69. The number of nitrogens with zero attached hydrogens (tertiary/aromatic N) is 2. The molecule has 0 saturated heterocycles. The molecule has 1 aromatic rings. The molecule has 5 nitrogen and oxygen atoms in total. The first-order valence-corrected chi connectivity index (χ1v) is 6.16. The van der Waals surface area contributed by atoms with Gasteiger partial charge in [-0.1, -0.05) is 25.9 Å². The largest absolute Gasteiger partial charge is 0.384 e. The van der Waals surface area contributed by atoms with Gasteiger partial charge in [-0.2, -0.15) is 4.98 Å². The minimum Gasteiger partial charge on any atom is -0.384 e. The van der Waals surface area contributed by atoms with Gasteiger partial charge in [0, 0.05) is 20.1 Å². The molecule has 0 aliphatic rings. The Morgan fingerprint density at radius 2 is 2.06 bits per heavy atom. The second-order valence-electron chi connectivity index (χ2n) is 4.64. The zero-order chi connectivity index (χ0) is 12.9. The van der Waals surface area contributed by atoms with Crippen LogP contribution in [0.15, 0.2) is 4.52 Å². The van der Waals surface area contributed by atoms with Crippen LogP contribution in [0.5, 0.6) is 0 Å². The van der Waals surface area contributed by atoms with Crippen molar-refractivity contribution in [2.45, 2.75) is 45.6 Å². The van der Waals surface area contributed by atoms with Crippen molar-refractivity contribution >= 4 is 0 Å². The van der Waals surface area contributed by atoms with Crippen LogP contribution in [-0.2, 0) is 16.7 Å². The number of methoxy groups -OCH3 is 1. The van der Waals surface area contributed by atoms with Gasteiger partial charge in [0.15, 0.2) is 5.82 Å². The lowest BCUT2D eigenvalue weighted by Crippen LogP contribution is -2.36. The molecule has 0 aromatic carbocycles. The first-order valence-electron chi connectivity index (χ1n) is 6.16. The molecule has 0 aliphatic heterocycles. The normalized spacial score (nSPS) is 13.9. The van der Waals surface area contributed by atoms with Gasteiger partial charge in [-0.15, -0.1) is 0 Å². The Kier molecular flexibility index (Phi) is 5.08. The third kappa shape index (κ3) is 3.51. The van der Waals surface area contributed by atoms with Crippen LogP contribution in [-0.4, -0.2) is 23.9 Å². The van der Waals surface area contributed by atoms with Crippen molar-refractivity contribution in [3.8, 4) is 0 Å². The Bertz CT molecular complexity index is 334. The Morgan fingerprint density at radius 1 is 1.41 bits per heavy atom. The van der Waals surface area contributed by atoms with E-state index >= 15 is 0 Å². The predicted octanol–water partition coefficient (Wildman–Crippen LogP) is 1.87. The Balaban J connectivity index is 2.71. The van der Waals surface area contributed by atoms with Crippen molar-refractivity contribution in [3.05, 3.63) is 11.7 Å². The monoisotopic (exact) mass is 241 g/mol. The van der Waals surface area contributed by atoms with E-state index in [2.05, 4.69) is 17.1 Å². The minimum atomic E-state index is -0.466. The van der Waals surface area contributed by atoms with Crippen molar-refractivity contribution in [2.24, 2.45) is 11.7 Å². The fraction of sp³-hybridized carbons (Fsp3) is 0.833. The quantitative estimate of drug-likeness (QED) is 0.788. The summed E-state index contributed by atoms with van der Waals surface area (Å²) in [6.45, 7) is 6.84. The van der Waals surface area contributed by atoms with Crippen molar-refractivity contribution in [1.29, 1.82) is 0 Å². The van der Waals surface area contributed by atoms with Crippen LogP contribution in [0.4, 0.5) is 0 Å². The van der Waals surface area contributed by atoms with E-state index in [0.29, 0.717) is 24.2 Å². The zero-order valence-electron chi connectivity index (χ0n) is 11.2. The predicted molar refractivity (Wildman–Crippen MR) is 65.5 cm³/mol. The summed E-state index contributed by atoms with van der Waals surface area (Å²) in [5.74, 6) is 1.62. The van der Waals surface area contributed by atoms with Crippen molar-refractivity contribution in [3.63, 3.8) is 0 Å². The minimum absolute atomic E-state index is 0.365. The smallest absolute Gasteiger partial charge is 0.227 e. The van der Waals surface area contributed by atoms with Crippen LogP contribution < -0.4 is 5.73 Å². The van der Waals surface area contributed by atoms with Gasteiger partial charge in [-0.05, 0) is 18.8 Å². The summed E-state index contributed by atoms with van der Waals surface area (Å²) in [5.41, 5.74) is 5.74. The van der Waals surface area contributed by atoms with Crippen LogP contribution in [0, 0.1) is 5.92 Å². The molecule has 0 radical (unpaired) electrons. The average molecular weight is 241 g/mol. The first-order chi connectivity index (χ1) is 8.05. The van der Waals surface area contributed by atoms with E-state index < -0.39 is 5.54 Å². The second kappa shape index (κ2) is 6.12. The summed E-state index contributed by atoms with van der Waals surface area (Å²) in [5, 5.41) is 3.99. The number of ether oxygens (including phenoxy) is 1. The average Bonchev–Trinajstić information content (AvgIpc) is 2.77. The number of aromatic nitrogens is 2. The van der Waals surface area contributed by atoms with Gasteiger partial charge in [-0.3, -0.25) is 0 Å². The van der Waals surface area contributed by atoms with Crippen LogP contribution in [0.1, 0.15) is 45.3 Å². The van der Waals surface area contributed by atoms with E-state index in [1.165, 1.54) is 0 Å². The maximum absolute atomic E-state index is 6.21. The third-order valence-electron chi connectivity index (χ3n) is 3.15. The molecule has 1 heterocycles. The molecule has 1 aromatic heterocycles. The lowest BCUT2D eigenvalue weighted by molar-refractivity contribution is 0.155. The van der Waals surface area contributed by atoms with Gasteiger partial charge in [0.25, 0.3) is 0 Å². The standard InChI is InChI=1S/C12H23N3O2/c1-5-12(13,6-2)11-14-10(17-15-11)7-9(3)8-16-4/h9H,5-8,13H2,1-4H3. The summed E-state index contributed by atoms with van der Waals surface area (Å²) >= 11 is 0. The summed E-state index contributed by atoms with van der Waals surface area (Å²) in [4.78, 5) is 4.39. The highest BCUT2D eigenvalue weighted by Crippen LogP contribution is 2.23. The van der Waals surface area contributed by atoms with Crippen LogP contribution >= 0.6 is 0 Å². The van der Waals surface area contributed by atoms with Crippen molar-refractivity contribution < 1.29 is 9.26 Å². The van der Waals surface area contributed by atoms with Gasteiger partial charge in [-0.25, -0.2) is 0 Å². The topological polar surface area (TPSA) is 74.2 Å². The summed E-state index contributed by atoms with van der Waals surface area (Å²) < 4.78 is 10.3. The molecular weight excluding hydrogens is 218 g/mol.